The molecule has 2 unspecified atom stereocenters. The first-order chi connectivity index (χ1) is 15.9. The lowest BCUT2D eigenvalue weighted by Crippen LogP contribution is -2.63. The SMILES string of the molecule is CN(C)CC(=O)Nc1ccc(O)c2c1C[C@H]1C[C@H]3CC(O)C(C(N)=O)C(=O)[C@@]3(O)C(O)=C1C2=O. The molecular weight excluding hydrogens is 446 g/mol. The number of amides is 2. The second-order valence-electron chi connectivity index (χ2n) is 9.51. The van der Waals surface area contributed by atoms with E-state index in [1.165, 1.54) is 12.1 Å². The Labute approximate surface area is 194 Å². The van der Waals surface area contributed by atoms with E-state index in [-0.39, 0.29) is 48.6 Å². The molecule has 0 radical (unpaired) electrons. The number of carbonyl (C=O) groups excluding carboxylic acids is 4. The van der Waals surface area contributed by atoms with Crippen molar-refractivity contribution in [3.05, 3.63) is 34.6 Å². The average molecular weight is 473 g/mol. The third-order valence-corrected chi connectivity index (χ3v) is 7.01. The fraction of sp³-hybridized carbons (Fsp3) is 0.478. The van der Waals surface area contributed by atoms with Crippen LogP contribution >= 0.6 is 0 Å². The van der Waals surface area contributed by atoms with Crippen molar-refractivity contribution in [3.8, 4) is 5.75 Å². The molecule has 0 aromatic heterocycles. The summed E-state index contributed by atoms with van der Waals surface area (Å²) >= 11 is 0. The van der Waals surface area contributed by atoms with Gasteiger partial charge in [0.25, 0.3) is 0 Å². The topological polar surface area (TPSA) is 190 Å². The molecule has 0 heterocycles. The molecular formula is C23H27N3O8. The minimum atomic E-state index is -2.55. The number of nitrogens with zero attached hydrogens (tertiary/aromatic N) is 1. The lowest BCUT2D eigenvalue weighted by molar-refractivity contribution is -0.167. The van der Waals surface area contributed by atoms with Crippen molar-refractivity contribution >= 4 is 29.1 Å². The number of likely N-dealkylation sites (N-methyl/N-ethyl adjacent to an activating group) is 1. The zero-order valence-electron chi connectivity index (χ0n) is 18.7. The van der Waals surface area contributed by atoms with Gasteiger partial charge in [-0.1, -0.05) is 0 Å². The number of carbonyl (C=O) groups is 4. The zero-order valence-corrected chi connectivity index (χ0v) is 18.7. The largest absolute Gasteiger partial charge is 0.508 e. The zero-order chi connectivity index (χ0) is 25.1. The van der Waals surface area contributed by atoms with Gasteiger partial charge in [-0.2, -0.15) is 0 Å². The first kappa shape index (κ1) is 23.9. The number of hydrogen-bond acceptors (Lipinski definition) is 9. The highest BCUT2D eigenvalue weighted by molar-refractivity contribution is 6.16. The highest BCUT2D eigenvalue weighted by Crippen LogP contribution is 2.52. The maximum absolute atomic E-state index is 13.4. The van der Waals surface area contributed by atoms with Crippen LogP contribution in [0.25, 0.3) is 0 Å². The number of rotatable bonds is 4. The average Bonchev–Trinajstić information content (AvgIpc) is 2.71. The van der Waals surface area contributed by atoms with Gasteiger partial charge in [-0.3, -0.25) is 19.2 Å². The highest BCUT2D eigenvalue weighted by Gasteiger charge is 2.62. The Morgan fingerprint density at radius 3 is 2.50 bits per heavy atom. The number of aromatic hydroxyl groups is 1. The standard InChI is InChI=1S/C23H27N3O8/c1-26(2)8-15(29)25-12-3-4-13(27)17-11(12)6-9-5-10-7-14(28)18(22(24)33)21(32)23(10,34)20(31)16(9)19(17)30/h3-4,9-10,14,18,27-28,31,34H,5-8H2,1-2H3,(H2,24,33)(H,25,29)/t9-,10+,14?,18?,23+/m1/s1. The van der Waals surface area contributed by atoms with Crippen molar-refractivity contribution in [2.75, 3.05) is 26.0 Å². The van der Waals surface area contributed by atoms with E-state index in [1.54, 1.807) is 19.0 Å². The number of nitrogens with one attached hydrogen (secondary N) is 1. The summed E-state index contributed by atoms with van der Waals surface area (Å²) in [6, 6.07) is 2.72. The Morgan fingerprint density at radius 2 is 1.88 bits per heavy atom. The molecule has 0 saturated heterocycles. The van der Waals surface area contributed by atoms with Crippen molar-refractivity contribution < 1.29 is 39.6 Å². The van der Waals surface area contributed by atoms with Crippen LogP contribution < -0.4 is 11.1 Å². The van der Waals surface area contributed by atoms with Gasteiger partial charge in [0, 0.05) is 17.2 Å². The number of fused-ring (bicyclic) bond motifs is 3. The van der Waals surface area contributed by atoms with Crippen LogP contribution in [0.4, 0.5) is 5.69 Å². The van der Waals surface area contributed by atoms with E-state index in [0.717, 1.165) is 0 Å². The molecule has 11 heteroatoms. The fourth-order valence-electron chi connectivity index (χ4n) is 5.52. The number of primary amides is 1. The molecule has 3 aliphatic rings. The molecule has 182 valence electrons. The predicted octanol–water partition coefficient (Wildman–Crippen LogP) is -0.754. The molecule has 5 atom stereocenters. The molecule has 2 amide bonds. The number of allylic oxidation sites excluding steroid dienone is 1. The van der Waals surface area contributed by atoms with Crippen molar-refractivity contribution in [3.63, 3.8) is 0 Å². The predicted molar refractivity (Wildman–Crippen MR) is 118 cm³/mol. The Bertz CT molecular complexity index is 1140. The second-order valence-corrected chi connectivity index (χ2v) is 9.51. The maximum atomic E-state index is 13.4. The summed E-state index contributed by atoms with van der Waals surface area (Å²) in [6.45, 7) is 0.0924. The molecule has 4 rings (SSSR count). The lowest BCUT2D eigenvalue weighted by Gasteiger charge is -2.48. The summed E-state index contributed by atoms with van der Waals surface area (Å²) in [4.78, 5) is 52.1. The van der Waals surface area contributed by atoms with Gasteiger partial charge < -0.3 is 36.4 Å². The van der Waals surface area contributed by atoms with E-state index >= 15 is 0 Å². The summed E-state index contributed by atoms with van der Waals surface area (Å²) in [7, 11) is 3.45. The molecule has 1 aromatic carbocycles. The highest BCUT2D eigenvalue weighted by atomic mass is 16.3. The van der Waals surface area contributed by atoms with Gasteiger partial charge in [-0.25, -0.2) is 0 Å². The second kappa shape index (κ2) is 8.19. The molecule has 7 N–H and O–H groups in total. The first-order valence-electron chi connectivity index (χ1n) is 10.9. The molecule has 34 heavy (non-hydrogen) atoms. The minimum absolute atomic E-state index is 0.0517. The van der Waals surface area contributed by atoms with E-state index in [9.17, 15) is 39.6 Å². The van der Waals surface area contributed by atoms with Gasteiger partial charge >= 0.3 is 0 Å². The van der Waals surface area contributed by atoms with E-state index in [0.29, 0.717) is 11.3 Å². The van der Waals surface area contributed by atoms with Crippen molar-refractivity contribution in [2.24, 2.45) is 23.5 Å². The van der Waals surface area contributed by atoms with Crippen LogP contribution in [0.5, 0.6) is 5.75 Å². The van der Waals surface area contributed by atoms with Crippen LogP contribution in [0.2, 0.25) is 0 Å². The number of Topliss-reactive ketones (excluding diaryl/α,β-unsaturated/α-hetero) is 2. The lowest BCUT2D eigenvalue weighted by atomic mass is 9.58. The number of aliphatic hydroxyl groups is 3. The van der Waals surface area contributed by atoms with Crippen LogP contribution in [0.15, 0.2) is 23.5 Å². The number of phenolic OH excluding ortho intramolecular Hbond substituents is 1. The van der Waals surface area contributed by atoms with E-state index in [2.05, 4.69) is 5.32 Å². The third kappa shape index (κ3) is 3.47. The quantitative estimate of drug-likeness (QED) is 0.241. The number of ketones is 2. The van der Waals surface area contributed by atoms with Gasteiger partial charge in [0.05, 0.1) is 18.2 Å². The van der Waals surface area contributed by atoms with Crippen LogP contribution in [-0.4, -0.2) is 81.1 Å². The maximum Gasteiger partial charge on any atom is 0.238 e. The molecule has 1 fully saturated rings. The van der Waals surface area contributed by atoms with Crippen molar-refractivity contribution in [1.82, 2.24) is 4.90 Å². The van der Waals surface area contributed by atoms with Crippen molar-refractivity contribution in [2.45, 2.75) is 31.0 Å². The van der Waals surface area contributed by atoms with Crippen LogP contribution in [0, 0.1) is 17.8 Å². The van der Waals surface area contributed by atoms with E-state index in [1.807, 2.05) is 0 Å². The van der Waals surface area contributed by atoms with Gasteiger partial charge in [0.1, 0.15) is 17.4 Å². The number of hydrogen-bond donors (Lipinski definition) is 6. The monoisotopic (exact) mass is 473 g/mol. The van der Waals surface area contributed by atoms with E-state index in [4.69, 9.17) is 5.73 Å². The smallest absolute Gasteiger partial charge is 0.238 e. The molecule has 0 bridgehead atoms. The summed E-state index contributed by atoms with van der Waals surface area (Å²) in [5.41, 5.74) is 3.03. The summed E-state index contributed by atoms with van der Waals surface area (Å²) in [5, 5.41) is 45.8. The minimum Gasteiger partial charge on any atom is -0.508 e. The number of benzene rings is 1. The molecule has 1 saturated carbocycles. The molecule has 1 aromatic rings. The van der Waals surface area contributed by atoms with Gasteiger partial charge in [0.2, 0.25) is 11.8 Å². The normalized spacial score (nSPS) is 30.5. The summed E-state index contributed by atoms with van der Waals surface area (Å²) < 4.78 is 0. The Kier molecular flexibility index (Phi) is 5.75. The Morgan fingerprint density at radius 1 is 1.21 bits per heavy atom. The van der Waals surface area contributed by atoms with Crippen molar-refractivity contribution in [1.29, 1.82) is 0 Å². The fourth-order valence-corrected chi connectivity index (χ4v) is 5.52. The van der Waals surface area contributed by atoms with Gasteiger partial charge in [0.15, 0.2) is 17.2 Å². The Balaban J connectivity index is 1.80. The number of phenols is 1. The first-order valence-corrected chi connectivity index (χ1v) is 10.9. The third-order valence-electron chi connectivity index (χ3n) is 7.01. The van der Waals surface area contributed by atoms with Gasteiger partial charge in [-0.15, -0.1) is 0 Å². The molecule has 3 aliphatic carbocycles. The number of nitrogens with two attached hydrogens (primary N) is 1. The summed E-state index contributed by atoms with van der Waals surface area (Å²) in [5.74, 6) is -8.00. The number of aliphatic hydroxyl groups excluding tert-OH is 2. The molecule has 0 spiro atoms. The molecule has 0 aliphatic heterocycles. The number of anilines is 1. The van der Waals surface area contributed by atoms with Crippen LogP contribution in [0.3, 0.4) is 0 Å². The van der Waals surface area contributed by atoms with E-state index < -0.39 is 52.7 Å². The van der Waals surface area contributed by atoms with Crippen LogP contribution in [0.1, 0.15) is 28.8 Å². The van der Waals surface area contributed by atoms with Crippen LogP contribution in [-0.2, 0) is 20.8 Å². The summed E-state index contributed by atoms with van der Waals surface area (Å²) in [6.07, 6.45) is -1.43. The van der Waals surface area contributed by atoms with Gasteiger partial charge in [-0.05, 0) is 57.0 Å². The Hall–Kier alpha value is -3.28. The molecule has 11 nitrogen and oxygen atoms in total.